The molecule has 2 heterocycles. The fraction of sp³-hybridized carbons (Fsp3) is 0.125. The van der Waals surface area contributed by atoms with Crippen LogP contribution in [0.1, 0.15) is 12.5 Å². The Bertz CT molecular complexity index is 823. The summed E-state index contributed by atoms with van der Waals surface area (Å²) in [7, 11) is 0. The molecule has 0 spiro atoms. The Morgan fingerprint density at radius 2 is 2.00 bits per heavy atom. The van der Waals surface area contributed by atoms with Gasteiger partial charge in [0.1, 0.15) is 6.54 Å². The molecule has 3 aromatic rings. The SMILES string of the molecule is CC(=NNC(=O)Cn1cnc2ccccc21)c1ccncc1. The second-order valence-electron chi connectivity index (χ2n) is 4.83. The summed E-state index contributed by atoms with van der Waals surface area (Å²) >= 11 is 0. The number of hydrogen-bond acceptors (Lipinski definition) is 4. The van der Waals surface area contributed by atoms with Crippen molar-refractivity contribution in [1.82, 2.24) is 20.0 Å². The van der Waals surface area contributed by atoms with Crippen molar-refractivity contribution in [3.63, 3.8) is 0 Å². The molecule has 0 aliphatic rings. The molecule has 0 bridgehead atoms. The van der Waals surface area contributed by atoms with Crippen LogP contribution >= 0.6 is 0 Å². The highest BCUT2D eigenvalue weighted by Crippen LogP contribution is 2.11. The molecule has 22 heavy (non-hydrogen) atoms. The van der Waals surface area contributed by atoms with Crippen molar-refractivity contribution in [2.75, 3.05) is 0 Å². The van der Waals surface area contributed by atoms with Crippen molar-refractivity contribution < 1.29 is 4.79 Å². The summed E-state index contributed by atoms with van der Waals surface area (Å²) in [5.41, 5.74) is 6.00. The van der Waals surface area contributed by atoms with Gasteiger partial charge < -0.3 is 4.57 Å². The maximum atomic E-state index is 12.0. The molecule has 6 heteroatoms. The smallest absolute Gasteiger partial charge is 0.260 e. The van der Waals surface area contributed by atoms with Crippen LogP contribution in [0.2, 0.25) is 0 Å². The van der Waals surface area contributed by atoms with Gasteiger partial charge in [-0.3, -0.25) is 9.78 Å². The molecular weight excluding hydrogens is 278 g/mol. The van der Waals surface area contributed by atoms with Gasteiger partial charge in [-0.2, -0.15) is 5.10 Å². The first-order valence-electron chi connectivity index (χ1n) is 6.87. The number of benzene rings is 1. The zero-order valence-electron chi connectivity index (χ0n) is 12.1. The zero-order chi connectivity index (χ0) is 15.4. The number of hydrogen-bond donors (Lipinski definition) is 1. The molecule has 0 radical (unpaired) electrons. The van der Waals surface area contributed by atoms with Gasteiger partial charge in [-0.15, -0.1) is 0 Å². The first-order chi connectivity index (χ1) is 10.7. The molecule has 0 saturated carbocycles. The van der Waals surface area contributed by atoms with E-state index in [0.29, 0.717) is 0 Å². The third-order valence-electron chi connectivity index (χ3n) is 3.29. The molecule has 6 nitrogen and oxygen atoms in total. The molecule has 1 N–H and O–H groups in total. The van der Waals surface area contributed by atoms with Crippen LogP contribution in [0.3, 0.4) is 0 Å². The lowest BCUT2D eigenvalue weighted by Gasteiger charge is -2.04. The summed E-state index contributed by atoms with van der Waals surface area (Å²) in [6.07, 6.45) is 5.03. The van der Waals surface area contributed by atoms with Crippen molar-refractivity contribution in [2.45, 2.75) is 13.5 Å². The van der Waals surface area contributed by atoms with E-state index in [2.05, 4.69) is 20.5 Å². The normalized spacial score (nSPS) is 11.6. The van der Waals surface area contributed by atoms with Gasteiger partial charge in [0.15, 0.2) is 0 Å². The molecule has 0 aliphatic heterocycles. The van der Waals surface area contributed by atoms with E-state index in [1.54, 1.807) is 23.3 Å². The zero-order valence-corrected chi connectivity index (χ0v) is 12.1. The Balaban J connectivity index is 1.68. The van der Waals surface area contributed by atoms with Crippen molar-refractivity contribution in [2.24, 2.45) is 5.10 Å². The second kappa shape index (κ2) is 6.17. The van der Waals surface area contributed by atoms with Crippen LogP contribution in [0, 0.1) is 0 Å². The molecule has 3 rings (SSSR count). The summed E-state index contributed by atoms with van der Waals surface area (Å²) in [5, 5.41) is 4.11. The number of nitrogens with zero attached hydrogens (tertiary/aromatic N) is 4. The van der Waals surface area contributed by atoms with Gasteiger partial charge in [-0.25, -0.2) is 10.4 Å². The van der Waals surface area contributed by atoms with E-state index in [1.807, 2.05) is 43.3 Å². The first kappa shape index (κ1) is 13.9. The van der Waals surface area contributed by atoms with Crippen LogP contribution < -0.4 is 5.43 Å². The Morgan fingerprint density at radius 1 is 1.23 bits per heavy atom. The third kappa shape index (κ3) is 3.01. The quantitative estimate of drug-likeness (QED) is 0.590. The lowest BCUT2D eigenvalue weighted by atomic mass is 10.2. The predicted octanol–water partition coefficient (Wildman–Crippen LogP) is 1.97. The summed E-state index contributed by atoms with van der Waals surface area (Å²) in [5.74, 6) is -0.198. The van der Waals surface area contributed by atoms with Crippen LogP contribution in [0.15, 0.2) is 60.2 Å². The van der Waals surface area contributed by atoms with Crippen molar-refractivity contribution >= 4 is 22.7 Å². The number of imidazole rings is 1. The molecule has 110 valence electrons. The van der Waals surface area contributed by atoms with E-state index in [0.717, 1.165) is 22.3 Å². The van der Waals surface area contributed by atoms with Crippen LogP contribution in [0.25, 0.3) is 11.0 Å². The highest BCUT2D eigenvalue weighted by atomic mass is 16.2. The molecule has 0 unspecified atom stereocenters. The molecule has 0 atom stereocenters. The Kier molecular flexibility index (Phi) is 3.91. The number of rotatable bonds is 4. The van der Waals surface area contributed by atoms with E-state index in [9.17, 15) is 4.79 Å². The van der Waals surface area contributed by atoms with Gasteiger partial charge in [-0.1, -0.05) is 12.1 Å². The predicted molar refractivity (Wildman–Crippen MR) is 84.3 cm³/mol. The van der Waals surface area contributed by atoms with Gasteiger partial charge in [0.2, 0.25) is 0 Å². The van der Waals surface area contributed by atoms with E-state index in [-0.39, 0.29) is 12.5 Å². The number of aromatic nitrogens is 3. The van der Waals surface area contributed by atoms with Crippen LogP contribution in [-0.2, 0) is 11.3 Å². The monoisotopic (exact) mass is 293 g/mol. The average Bonchev–Trinajstić information content (AvgIpc) is 2.97. The van der Waals surface area contributed by atoms with Gasteiger partial charge in [0.25, 0.3) is 5.91 Å². The van der Waals surface area contributed by atoms with E-state index >= 15 is 0 Å². The van der Waals surface area contributed by atoms with Crippen molar-refractivity contribution in [3.05, 3.63) is 60.7 Å². The van der Waals surface area contributed by atoms with E-state index in [1.165, 1.54) is 0 Å². The fourth-order valence-corrected chi connectivity index (χ4v) is 2.13. The Hall–Kier alpha value is -3.02. The standard InChI is InChI=1S/C16H15N5O/c1-12(13-6-8-17-9-7-13)19-20-16(22)10-21-11-18-14-4-2-3-5-15(14)21/h2-9,11H,10H2,1H3,(H,20,22). The minimum Gasteiger partial charge on any atom is -0.321 e. The van der Waals surface area contributed by atoms with E-state index < -0.39 is 0 Å². The lowest BCUT2D eigenvalue weighted by molar-refractivity contribution is -0.121. The topological polar surface area (TPSA) is 72.2 Å². The van der Waals surface area contributed by atoms with Crippen molar-refractivity contribution in [1.29, 1.82) is 0 Å². The number of para-hydroxylation sites is 2. The molecule has 2 aromatic heterocycles. The number of hydrazone groups is 1. The molecule has 0 saturated heterocycles. The first-order valence-corrected chi connectivity index (χ1v) is 6.87. The maximum absolute atomic E-state index is 12.0. The summed E-state index contributed by atoms with van der Waals surface area (Å²) in [6, 6.07) is 11.4. The van der Waals surface area contributed by atoms with Gasteiger partial charge >= 0.3 is 0 Å². The molecular formula is C16H15N5O. The molecule has 1 aromatic carbocycles. The number of amides is 1. The highest BCUT2D eigenvalue weighted by molar-refractivity contribution is 5.99. The highest BCUT2D eigenvalue weighted by Gasteiger charge is 2.06. The van der Waals surface area contributed by atoms with Crippen molar-refractivity contribution in [3.8, 4) is 0 Å². The number of pyridine rings is 1. The van der Waals surface area contributed by atoms with Gasteiger partial charge in [0.05, 0.1) is 23.1 Å². The number of carbonyl (C=O) groups excluding carboxylic acids is 1. The average molecular weight is 293 g/mol. The van der Waals surface area contributed by atoms with E-state index in [4.69, 9.17) is 0 Å². The van der Waals surface area contributed by atoms with Crippen LogP contribution in [0.5, 0.6) is 0 Å². The summed E-state index contributed by atoms with van der Waals surface area (Å²) in [4.78, 5) is 20.2. The number of nitrogens with one attached hydrogen (secondary N) is 1. The number of carbonyl (C=O) groups is 1. The minimum atomic E-state index is -0.198. The maximum Gasteiger partial charge on any atom is 0.260 e. The lowest BCUT2D eigenvalue weighted by Crippen LogP contribution is -2.24. The van der Waals surface area contributed by atoms with Crippen LogP contribution in [0.4, 0.5) is 0 Å². The second-order valence-corrected chi connectivity index (χ2v) is 4.83. The Labute approximate surface area is 127 Å². The third-order valence-corrected chi connectivity index (χ3v) is 3.29. The molecule has 0 fully saturated rings. The Morgan fingerprint density at radius 3 is 2.82 bits per heavy atom. The largest absolute Gasteiger partial charge is 0.321 e. The minimum absolute atomic E-state index is 0.174. The van der Waals surface area contributed by atoms with Gasteiger partial charge in [0, 0.05) is 18.0 Å². The summed E-state index contributed by atoms with van der Waals surface area (Å²) < 4.78 is 1.79. The molecule has 1 amide bonds. The fourth-order valence-electron chi connectivity index (χ4n) is 2.13. The molecule has 0 aliphatic carbocycles. The van der Waals surface area contributed by atoms with Crippen LogP contribution in [-0.4, -0.2) is 26.2 Å². The van der Waals surface area contributed by atoms with Gasteiger partial charge in [-0.05, 0) is 31.2 Å². The number of fused-ring (bicyclic) bond motifs is 1. The summed E-state index contributed by atoms with van der Waals surface area (Å²) in [6.45, 7) is 2.01.